The fourth-order valence-electron chi connectivity index (χ4n) is 0.285. The van der Waals surface area contributed by atoms with Gasteiger partial charge in [-0.2, -0.15) is 6.92 Å². The van der Waals surface area contributed by atoms with Crippen molar-refractivity contribution >= 4 is 9.04 Å². The summed E-state index contributed by atoms with van der Waals surface area (Å²) in [5.41, 5.74) is 0. The van der Waals surface area contributed by atoms with E-state index in [1.165, 1.54) is 0 Å². The first-order valence-corrected chi connectivity index (χ1v) is 6.07. The molecule has 0 N–H and O–H groups in total. The second-order valence-corrected chi connectivity index (χ2v) is 3.57. The van der Waals surface area contributed by atoms with Crippen molar-refractivity contribution in [3.05, 3.63) is 19.2 Å². The third-order valence-corrected chi connectivity index (χ3v) is 1.35. The number of allylic oxidation sites excluding steroid dienone is 1. The zero-order chi connectivity index (χ0) is 9.70. The predicted octanol–water partition coefficient (Wildman–Crippen LogP) is 1.62. The third kappa shape index (κ3) is 66.5. The van der Waals surface area contributed by atoms with Gasteiger partial charge < -0.3 is 17.0 Å². The van der Waals surface area contributed by atoms with Crippen molar-refractivity contribution in [2.75, 3.05) is 6.61 Å². The van der Waals surface area contributed by atoms with Crippen molar-refractivity contribution in [1.82, 2.24) is 0 Å². The van der Waals surface area contributed by atoms with Gasteiger partial charge in [-0.05, 0) is 6.92 Å². The first-order chi connectivity index (χ1) is 5.18. The quantitative estimate of drug-likeness (QED) is 0.521. The molecule has 1 atom stereocenters. The van der Waals surface area contributed by atoms with Crippen LogP contribution in [-0.4, -0.2) is 15.6 Å². The Morgan fingerprint density at radius 1 is 1.73 bits per heavy atom. The van der Waals surface area contributed by atoms with Gasteiger partial charge in [0.15, 0.2) is 0 Å². The standard InChI is InChI=1S/C4H11OSi.C3H5.Co.O/c1-4-5-6(2)3;1-3-2;;/h6H,2,4H2,1,3H3;1H2,2H3;;/q2*-1;;. The van der Waals surface area contributed by atoms with Crippen molar-refractivity contribution in [3.8, 4) is 0 Å². The minimum atomic E-state index is -0.921. The fourth-order valence-corrected chi connectivity index (χ4v) is 0.854. The van der Waals surface area contributed by atoms with Crippen LogP contribution in [0.25, 0.3) is 0 Å². The third-order valence-electron chi connectivity index (χ3n) is 0.451. The molecule has 0 fully saturated rings. The van der Waals surface area contributed by atoms with Gasteiger partial charge >= 0.3 is 19.5 Å². The topological polar surface area (TPSA) is 26.3 Å². The van der Waals surface area contributed by atoms with Gasteiger partial charge in [-0.1, -0.05) is 6.55 Å². The summed E-state index contributed by atoms with van der Waals surface area (Å²) in [6.07, 6.45) is 2.50. The molecule has 1 unspecified atom stereocenters. The molecule has 71 valence electrons. The Morgan fingerprint density at radius 2 is 2.00 bits per heavy atom. The van der Waals surface area contributed by atoms with Crippen LogP contribution in [0.3, 0.4) is 0 Å². The van der Waals surface area contributed by atoms with Crippen molar-refractivity contribution in [1.29, 1.82) is 0 Å². The Labute approximate surface area is 79.5 Å². The fraction of sp³-hybridized carbons (Fsp3) is 0.571. The van der Waals surface area contributed by atoms with E-state index in [2.05, 4.69) is 41.4 Å². The molecule has 0 aromatic heterocycles. The molecule has 0 aromatic carbocycles. The van der Waals surface area contributed by atoms with Crippen LogP contribution in [0.5, 0.6) is 0 Å². The molecule has 0 bridgehead atoms. The molecule has 0 saturated heterocycles. The summed E-state index contributed by atoms with van der Waals surface area (Å²) in [6.45, 7) is 13.6. The maximum atomic E-state index is 7.94. The van der Waals surface area contributed by atoms with Gasteiger partial charge in [-0.3, -0.25) is 6.58 Å². The Hall–Kier alpha value is 0.223. The summed E-state index contributed by atoms with van der Waals surface area (Å²) in [5, 5.41) is 0. The summed E-state index contributed by atoms with van der Waals surface area (Å²) < 4.78 is 13.0. The molecule has 0 amide bonds. The molecule has 0 rings (SSSR count). The Morgan fingerprint density at radius 3 is 2.00 bits per heavy atom. The van der Waals surface area contributed by atoms with Gasteiger partial charge in [-0.25, -0.2) is 0 Å². The Kier molecular flexibility index (Phi) is 35.4. The van der Waals surface area contributed by atoms with Gasteiger partial charge in [0.2, 0.25) is 0 Å². The second-order valence-electron chi connectivity index (χ2n) is 1.62. The maximum absolute atomic E-state index is 7.94. The van der Waals surface area contributed by atoms with E-state index in [4.69, 9.17) is 8.29 Å². The molecule has 0 aliphatic carbocycles. The molecular formula is C7H16CoO2Si-2. The minimum absolute atomic E-state index is 0.830. The van der Waals surface area contributed by atoms with Gasteiger partial charge in [0.1, 0.15) is 0 Å². The van der Waals surface area contributed by atoms with Crippen LogP contribution in [0.2, 0.25) is 6.55 Å². The first-order valence-electron chi connectivity index (χ1n) is 3.21. The van der Waals surface area contributed by atoms with Crippen LogP contribution in [0, 0.1) is 12.6 Å². The van der Waals surface area contributed by atoms with Crippen LogP contribution < -0.4 is 0 Å². The van der Waals surface area contributed by atoms with E-state index >= 15 is 0 Å². The van der Waals surface area contributed by atoms with Crippen LogP contribution >= 0.6 is 0 Å². The van der Waals surface area contributed by atoms with Crippen LogP contribution in [0.4, 0.5) is 0 Å². The number of rotatable bonds is 2. The SMILES string of the molecule is C=[C-]C.[CH2-][SiH](C)OCC.[O]=[Co]. The summed E-state index contributed by atoms with van der Waals surface area (Å²) in [7, 11) is -0.921. The van der Waals surface area contributed by atoms with E-state index in [9.17, 15) is 0 Å². The van der Waals surface area contributed by atoms with Crippen molar-refractivity contribution in [2.24, 2.45) is 0 Å². The molecule has 0 heterocycles. The van der Waals surface area contributed by atoms with Crippen LogP contribution in [0.1, 0.15) is 13.8 Å². The number of hydrogen-bond donors (Lipinski definition) is 0. The van der Waals surface area contributed by atoms with Crippen molar-refractivity contribution in [2.45, 2.75) is 20.4 Å². The molecule has 0 radical (unpaired) electrons. The molecule has 2 nitrogen and oxygen atoms in total. The first kappa shape index (κ1) is 17.3. The predicted molar refractivity (Wildman–Crippen MR) is 45.2 cm³/mol. The number of hydrogen-bond acceptors (Lipinski definition) is 2. The normalized spacial score (nSPS) is 9.55. The zero-order valence-electron chi connectivity index (χ0n) is 7.35. The molecule has 0 aliphatic heterocycles. The summed E-state index contributed by atoms with van der Waals surface area (Å²) >= 11 is 2.31. The van der Waals surface area contributed by atoms with Crippen molar-refractivity contribution in [3.63, 3.8) is 0 Å². The zero-order valence-corrected chi connectivity index (χ0v) is 9.54. The van der Waals surface area contributed by atoms with E-state index in [1.54, 1.807) is 6.92 Å². The van der Waals surface area contributed by atoms with E-state index in [0.717, 1.165) is 6.61 Å². The van der Waals surface area contributed by atoms with Gasteiger partial charge in [0, 0.05) is 15.6 Å². The molecule has 4 heteroatoms. The monoisotopic (exact) mass is 219 g/mol. The summed E-state index contributed by atoms with van der Waals surface area (Å²) in [5.74, 6) is 0. The van der Waals surface area contributed by atoms with Gasteiger partial charge in [0.25, 0.3) is 0 Å². The Balaban J connectivity index is -0.000000109. The molecule has 0 aromatic rings. The Bertz CT molecular complexity index is 69.5. The van der Waals surface area contributed by atoms with E-state index in [-0.39, 0.29) is 0 Å². The van der Waals surface area contributed by atoms with E-state index in [0.29, 0.717) is 0 Å². The van der Waals surface area contributed by atoms with Crippen molar-refractivity contribution < 1.29 is 24.0 Å². The molecular weight excluding hydrogens is 203 g/mol. The summed E-state index contributed by atoms with van der Waals surface area (Å²) in [4.78, 5) is 0. The van der Waals surface area contributed by atoms with Gasteiger partial charge in [-0.15, -0.1) is 0 Å². The second kappa shape index (κ2) is 22.5. The van der Waals surface area contributed by atoms with Crippen LogP contribution in [0.15, 0.2) is 6.58 Å². The molecule has 11 heavy (non-hydrogen) atoms. The summed E-state index contributed by atoms with van der Waals surface area (Å²) in [6, 6.07) is 0. The van der Waals surface area contributed by atoms with E-state index < -0.39 is 9.04 Å². The van der Waals surface area contributed by atoms with Crippen LogP contribution in [-0.2, 0) is 24.0 Å². The molecule has 0 saturated carbocycles. The average Bonchev–Trinajstić information content (AvgIpc) is 1.93. The average molecular weight is 219 g/mol. The molecule has 0 aliphatic rings. The van der Waals surface area contributed by atoms with E-state index in [1.807, 2.05) is 6.92 Å². The van der Waals surface area contributed by atoms with Gasteiger partial charge in [0.05, 0.1) is 0 Å². The molecule has 0 spiro atoms.